The Kier molecular flexibility index (Phi) is 5.15. The number of carbonyl (C=O) groups is 1. The van der Waals surface area contributed by atoms with E-state index in [4.69, 9.17) is 10.4 Å². The molecule has 0 atom stereocenters. The van der Waals surface area contributed by atoms with Gasteiger partial charge in [-0.05, 0) is 37.9 Å². The molecule has 0 radical (unpaired) electrons. The summed E-state index contributed by atoms with van der Waals surface area (Å²) in [6.07, 6.45) is 1.64. The van der Waals surface area contributed by atoms with Crippen LogP contribution in [0.3, 0.4) is 0 Å². The van der Waals surface area contributed by atoms with Crippen LogP contribution in [0.15, 0.2) is 94.7 Å². The number of rotatable bonds is 5. The van der Waals surface area contributed by atoms with Gasteiger partial charge in [0.1, 0.15) is 5.69 Å². The second-order valence-corrected chi connectivity index (χ2v) is 7.97. The summed E-state index contributed by atoms with van der Waals surface area (Å²) in [6.45, 7) is 0. The van der Waals surface area contributed by atoms with E-state index in [0.717, 1.165) is 27.1 Å². The Morgan fingerprint density at radius 1 is 0.917 bits per heavy atom. The second-order valence-electron chi connectivity index (χ2n) is 7.97. The molecule has 6 rings (SSSR count). The number of hydrazone groups is 1. The molecule has 10 nitrogen and oxygen atoms in total. The van der Waals surface area contributed by atoms with E-state index >= 15 is 0 Å². The molecule has 0 fully saturated rings. The van der Waals surface area contributed by atoms with Crippen molar-refractivity contribution >= 4 is 39.5 Å². The number of nitrogens with zero attached hydrogens (tertiary/aromatic N) is 6. The molecule has 2 heterocycles. The van der Waals surface area contributed by atoms with Crippen molar-refractivity contribution in [3.05, 3.63) is 96.2 Å². The number of aromatic nitrogens is 5. The molecule has 0 saturated heterocycles. The first-order valence-corrected chi connectivity index (χ1v) is 11.0. The zero-order chi connectivity index (χ0) is 24.5. The molecule has 36 heavy (non-hydrogen) atoms. The number of hydrogen-bond acceptors (Lipinski definition) is 8. The predicted octanol–water partition coefficient (Wildman–Crippen LogP) is 3.97. The Hall–Kier alpha value is -5.38. The lowest BCUT2D eigenvalue weighted by molar-refractivity contribution is 0.0948. The third kappa shape index (κ3) is 3.62. The quantitative estimate of drug-likeness (QED) is 0.219. The summed E-state index contributed by atoms with van der Waals surface area (Å²) < 4.78 is 5.88. The maximum absolute atomic E-state index is 13.4. The lowest BCUT2D eigenvalue weighted by Gasteiger charge is -2.08. The Labute approximate surface area is 204 Å². The van der Waals surface area contributed by atoms with Crippen LogP contribution in [0, 0.1) is 0 Å². The van der Waals surface area contributed by atoms with Crippen molar-refractivity contribution in [2.24, 2.45) is 5.10 Å². The minimum atomic E-state index is -0.554. The average molecular weight is 474 g/mol. The standard InChI is InChI=1S/C26H18N8O2/c27-24-25(32-36-31-24)34-23(22(29-33-34)16-8-2-1-3-9-16)26(35)30-28-15-21-19-12-6-4-10-17(19)14-18-11-5-7-13-20(18)21/h1-15H,(H2,27,31)(H,30,35)/b28-15+. The van der Waals surface area contributed by atoms with Crippen LogP contribution in [-0.2, 0) is 0 Å². The van der Waals surface area contributed by atoms with Gasteiger partial charge in [0.2, 0.25) is 11.6 Å². The fourth-order valence-corrected chi connectivity index (χ4v) is 4.16. The number of amides is 1. The molecular formula is C26H18N8O2. The van der Waals surface area contributed by atoms with E-state index in [-0.39, 0.29) is 17.3 Å². The zero-order valence-electron chi connectivity index (χ0n) is 18.7. The van der Waals surface area contributed by atoms with Gasteiger partial charge in [-0.15, -0.1) is 5.10 Å². The Balaban J connectivity index is 1.41. The number of benzene rings is 4. The van der Waals surface area contributed by atoms with Crippen LogP contribution in [0.25, 0.3) is 38.6 Å². The van der Waals surface area contributed by atoms with E-state index in [1.165, 1.54) is 4.68 Å². The van der Waals surface area contributed by atoms with Crippen LogP contribution >= 0.6 is 0 Å². The van der Waals surface area contributed by atoms with Crippen LogP contribution in [0.2, 0.25) is 0 Å². The highest BCUT2D eigenvalue weighted by atomic mass is 16.6. The summed E-state index contributed by atoms with van der Waals surface area (Å²) >= 11 is 0. The Bertz CT molecular complexity index is 1700. The second kappa shape index (κ2) is 8.76. The fourth-order valence-electron chi connectivity index (χ4n) is 4.16. The van der Waals surface area contributed by atoms with Crippen LogP contribution in [0.1, 0.15) is 16.1 Å². The first-order valence-electron chi connectivity index (χ1n) is 11.0. The third-order valence-corrected chi connectivity index (χ3v) is 5.80. The highest BCUT2D eigenvalue weighted by Gasteiger charge is 2.25. The van der Waals surface area contributed by atoms with Crippen molar-refractivity contribution in [1.82, 2.24) is 30.7 Å². The summed E-state index contributed by atoms with van der Waals surface area (Å²) in [5, 5.41) is 24.1. The van der Waals surface area contributed by atoms with E-state index in [0.29, 0.717) is 11.3 Å². The molecule has 6 aromatic rings. The number of anilines is 1. The van der Waals surface area contributed by atoms with Gasteiger partial charge in [-0.25, -0.2) is 10.1 Å². The number of hydrogen-bond donors (Lipinski definition) is 2. The monoisotopic (exact) mass is 474 g/mol. The summed E-state index contributed by atoms with van der Waals surface area (Å²) in [4.78, 5) is 13.4. The molecule has 4 aromatic carbocycles. The molecule has 0 spiro atoms. The van der Waals surface area contributed by atoms with Crippen molar-refractivity contribution in [2.45, 2.75) is 0 Å². The molecule has 1 amide bonds. The summed E-state index contributed by atoms with van der Waals surface area (Å²) in [5.41, 5.74) is 10.5. The molecule has 0 aliphatic rings. The summed E-state index contributed by atoms with van der Waals surface area (Å²) in [5.74, 6) is -0.528. The smallest absolute Gasteiger partial charge is 0.292 e. The van der Waals surface area contributed by atoms with E-state index in [9.17, 15) is 4.79 Å². The van der Waals surface area contributed by atoms with E-state index in [1.807, 2.05) is 78.9 Å². The first kappa shape index (κ1) is 21.2. The largest absolute Gasteiger partial charge is 0.378 e. The lowest BCUT2D eigenvalue weighted by atomic mass is 9.97. The van der Waals surface area contributed by atoms with Gasteiger partial charge in [0.25, 0.3) is 5.91 Å². The number of carbonyl (C=O) groups excluding carboxylic acids is 1. The number of nitrogen functional groups attached to an aromatic ring is 1. The van der Waals surface area contributed by atoms with Crippen LogP contribution in [0.5, 0.6) is 0 Å². The van der Waals surface area contributed by atoms with Gasteiger partial charge in [-0.1, -0.05) is 84.1 Å². The SMILES string of the molecule is Nc1nonc1-n1nnc(-c2ccccc2)c1C(=O)N/N=C/c1c2ccccc2cc2ccccc12. The number of nitrogens with two attached hydrogens (primary N) is 1. The highest BCUT2D eigenvalue weighted by molar-refractivity contribution is 6.13. The van der Waals surface area contributed by atoms with Gasteiger partial charge in [0.15, 0.2) is 5.69 Å². The normalized spacial score (nSPS) is 11.4. The predicted molar refractivity (Wildman–Crippen MR) is 136 cm³/mol. The Morgan fingerprint density at radius 2 is 1.58 bits per heavy atom. The average Bonchev–Trinajstić information content (AvgIpc) is 3.54. The van der Waals surface area contributed by atoms with Gasteiger partial charge in [-0.3, -0.25) is 4.79 Å². The molecule has 0 aliphatic heterocycles. The molecular weight excluding hydrogens is 456 g/mol. The minimum absolute atomic E-state index is 0.0284. The minimum Gasteiger partial charge on any atom is -0.378 e. The molecule has 3 N–H and O–H groups in total. The summed E-state index contributed by atoms with van der Waals surface area (Å²) in [6, 6.07) is 27.4. The number of fused-ring (bicyclic) bond motifs is 2. The molecule has 0 bridgehead atoms. The lowest BCUT2D eigenvalue weighted by Crippen LogP contribution is -2.22. The van der Waals surface area contributed by atoms with Crippen molar-refractivity contribution in [3.8, 4) is 17.1 Å². The van der Waals surface area contributed by atoms with Crippen LogP contribution < -0.4 is 11.2 Å². The fraction of sp³-hybridized carbons (Fsp3) is 0. The van der Waals surface area contributed by atoms with Gasteiger partial charge in [-0.2, -0.15) is 9.78 Å². The number of nitrogens with one attached hydrogen (secondary N) is 1. The molecule has 2 aromatic heterocycles. The van der Waals surface area contributed by atoms with Crippen LogP contribution in [0.4, 0.5) is 5.82 Å². The van der Waals surface area contributed by atoms with E-state index in [2.05, 4.69) is 37.2 Å². The molecule has 174 valence electrons. The maximum Gasteiger partial charge on any atom is 0.292 e. The van der Waals surface area contributed by atoms with Crippen molar-refractivity contribution in [1.29, 1.82) is 0 Å². The Morgan fingerprint density at radius 3 is 2.25 bits per heavy atom. The first-order chi connectivity index (χ1) is 17.7. The van der Waals surface area contributed by atoms with Gasteiger partial charge in [0, 0.05) is 11.1 Å². The molecule has 0 unspecified atom stereocenters. The van der Waals surface area contributed by atoms with E-state index < -0.39 is 5.91 Å². The van der Waals surface area contributed by atoms with Crippen molar-refractivity contribution in [2.75, 3.05) is 5.73 Å². The highest BCUT2D eigenvalue weighted by Crippen LogP contribution is 2.27. The van der Waals surface area contributed by atoms with Gasteiger partial charge in [0.05, 0.1) is 6.21 Å². The molecule has 0 aliphatic carbocycles. The molecule has 0 saturated carbocycles. The van der Waals surface area contributed by atoms with Gasteiger partial charge < -0.3 is 5.73 Å². The summed E-state index contributed by atoms with van der Waals surface area (Å²) in [7, 11) is 0. The zero-order valence-corrected chi connectivity index (χ0v) is 18.7. The van der Waals surface area contributed by atoms with Crippen molar-refractivity contribution in [3.63, 3.8) is 0 Å². The van der Waals surface area contributed by atoms with E-state index in [1.54, 1.807) is 6.21 Å². The molecule has 10 heteroatoms. The van der Waals surface area contributed by atoms with Gasteiger partial charge >= 0.3 is 0 Å². The topological polar surface area (TPSA) is 137 Å². The maximum atomic E-state index is 13.4. The van der Waals surface area contributed by atoms with Crippen LogP contribution in [-0.4, -0.2) is 37.4 Å². The van der Waals surface area contributed by atoms with Crippen molar-refractivity contribution < 1.29 is 9.42 Å². The third-order valence-electron chi connectivity index (χ3n) is 5.80.